The molecule has 3 aromatic heterocycles. The predicted molar refractivity (Wildman–Crippen MR) is 176 cm³/mol. The van der Waals surface area contributed by atoms with E-state index in [1.165, 1.54) is 7.11 Å². The fourth-order valence-electron chi connectivity index (χ4n) is 8.39. The van der Waals surface area contributed by atoms with E-state index in [1.54, 1.807) is 24.4 Å². The highest BCUT2D eigenvalue weighted by molar-refractivity contribution is 6.43. The molecule has 4 saturated heterocycles. The minimum absolute atomic E-state index is 0.0812. The number of fused-ring (bicyclic) bond motifs is 4. The number of amides is 1. The highest BCUT2D eigenvalue weighted by Crippen LogP contribution is 2.52. The van der Waals surface area contributed by atoms with Crippen LogP contribution in [-0.2, 0) is 4.74 Å². The lowest BCUT2D eigenvalue weighted by molar-refractivity contribution is 0.114. The van der Waals surface area contributed by atoms with E-state index in [9.17, 15) is 4.79 Å². The van der Waals surface area contributed by atoms with Gasteiger partial charge in [-0.2, -0.15) is 0 Å². The third-order valence-electron chi connectivity index (χ3n) is 10.8. The average molecular weight is 668 g/mol. The fraction of sp³-hybridized carbons (Fsp3) is 0.500. The first-order valence-corrected chi connectivity index (χ1v) is 16.9. The number of nitrogens with zero attached hydrogens (tertiary/aromatic N) is 6. The standard InChI is InChI=1S/C34H37Cl2FN6O3/c1-17-31(26-16-42(17)26)43-25(24-11-7-13-41(24)34(44)45-4)14-20-32(43)21-15-38-29(19-8-5-9-22(35)27(19)36)28(37)30(21)39-33(20)46-18(2)23-10-6-12-40(23)3/h5,8-9,14-15,17-18,23-24,26,31H,6-7,10-13,16H2,1-4H3/t17-,18+,23+,24-,26-,31-,42?/m1/s1. The van der Waals surface area contributed by atoms with Gasteiger partial charge in [0.05, 0.1) is 40.1 Å². The minimum atomic E-state index is -0.583. The zero-order chi connectivity index (χ0) is 32.0. The number of aromatic nitrogens is 3. The summed E-state index contributed by atoms with van der Waals surface area (Å²) in [5.74, 6) is -0.203. The lowest BCUT2D eigenvalue weighted by Gasteiger charge is -2.39. The minimum Gasteiger partial charge on any atom is -0.472 e. The van der Waals surface area contributed by atoms with Crippen molar-refractivity contribution in [1.82, 2.24) is 29.2 Å². The summed E-state index contributed by atoms with van der Waals surface area (Å²) >= 11 is 12.9. The van der Waals surface area contributed by atoms with Crippen molar-refractivity contribution in [2.75, 3.05) is 33.8 Å². The Hall–Kier alpha value is -3.18. The molecule has 4 aliphatic heterocycles. The van der Waals surface area contributed by atoms with Gasteiger partial charge < -0.3 is 14.0 Å². The molecular weight excluding hydrogens is 630 g/mol. The molecule has 7 heterocycles. The van der Waals surface area contributed by atoms with Gasteiger partial charge in [-0.25, -0.2) is 14.2 Å². The Morgan fingerprint density at radius 2 is 1.96 bits per heavy atom. The van der Waals surface area contributed by atoms with Gasteiger partial charge in [0, 0.05) is 54.1 Å². The van der Waals surface area contributed by atoms with Crippen LogP contribution in [0.2, 0.25) is 10.0 Å². The second kappa shape index (κ2) is 11.2. The lowest BCUT2D eigenvalue weighted by Crippen LogP contribution is -2.44. The molecule has 0 saturated carbocycles. The summed E-state index contributed by atoms with van der Waals surface area (Å²) in [5, 5.41) is 1.94. The molecule has 0 aliphatic carbocycles. The first-order valence-electron chi connectivity index (χ1n) is 16.1. The Bertz CT molecular complexity index is 1890. The Morgan fingerprint density at radius 1 is 1.15 bits per heavy atom. The van der Waals surface area contributed by atoms with Gasteiger partial charge in [-0.3, -0.25) is 19.7 Å². The van der Waals surface area contributed by atoms with E-state index in [-0.39, 0.29) is 52.6 Å². The SMILES string of the molecule is COC(=O)N1CCC[C@@H]1c1cc2c(O[C@@H](C)[C@@H]3CCCN3C)nc3c(F)c(-c4cccc(Cl)c4Cl)ncc3c2n1[C@@H]1[C@@H](C)N2C[C@H]12. The van der Waals surface area contributed by atoms with Crippen LogP contribution >= 0.6 is 23.2 Å². The maximum Gasteiger partial charge on any atom is 0.410 e. The number of benzene rings is 1. The number of halogens is 3. The van der Waals surface area contributed by atoms with Crippen LogP contribution < -0.4 is 4.74 Å². The number of pyridine rings is 2. The summed E-state index contributed by atoms with van der Waals surface area (Å²) in [6, 6.07) is 8.06. The van der Waals surface area contributed by atoms with E-state index in [2.05, 4.69) is 46.3 Å². The fourth-order valence-corrected chi connectivity index (χ4v) is 8.78. The zero-order valence-electron chi connectivity index (χ0n) is 26.3. The summed E-state index contributed by atoms with van der Waals surface area (Å²) in [6.07, 6.45) is 4.95. The molecular formula is C34H37Cl2FN6O3. The number of carbonyl (C=O) groups is 1. The van der Waals surface area contributed by atoms with Gasteiger partial charge >= 0.3 is 6.09 Å². The first kappa shape index (κ1) is 30.2. The molecule has 0 spiro atoms. The van der Waals surface area contributed by atoms with E-state index in [0.29, 0.717) is 34.4 Å². The summed E-state index contributed by atoms with van der Waals surface area (Å²) in [5.41, 5.74) is 2.47. The summed E-state index contributed by atoms with van der Waals surface area (Å²) < 4.78 is 31.1. The van der Waals surface area contributed by atoms with Crippen LogP contribution in [-0.4, -0.2) is 93.3 Å². The van der Waals surface area contributed by atoms with Crippen LogP contribution in [0.3, 0.4) is 0 Å². The van der Waals surface area contributed by atoms with E-state index >= 15 is 4.39 Å². The van der Waals surface area contributed by atoms with Crippen LogP contribution in [0.4, 0.5) is 9.18 Å². The third kappa shape index (κ3) is 4.51. The summed E-state index contributed by atoms with van der Waals surface area (Å²) in [7, 11) is 3.54. The molecule has 4 aliphatic rings. The van der Waals surface area contributed by atoms with Crippen molar-refractivity contribution in [3.63, 3.8) is 0 Å². The van der Waals surface area contributed by atoms with Crippen LogP contribution in [0.15, 0.2) is 30.5 Å². The molecule has 7 atom stereocenters. The number of carbonyl (C=O) groups excluding carboxylic acids is 1. The van der Waals surface area contributed by atoms with Crippen LogP contribution in [0.1, 0.15) is 57.3 Å². The Labute approximate surface area is 277 Å². The summed E-state index contributed by atoms with van der Waals surface area (Å²) in [4.78, 5) is 29.1. The monoisotopic (exact) mass is 666 g/mol. The number of likely N-dealkylation sites (tertiary alicyclic amines) is 2. The molecule has 12 heteroatoms. The Kier molecular flexibility index (Phi) is 7.36. The van der Waals surface area contributed by atoms with Gasteiger partial charge in [0.25, 0.3) is 0 Å². The molecule has 9 nitrogen and oxygen atoms in total. The smallest absolute Gasteiger partial charge is 0.410 e. The van der Waals surface area contributed by atoms with Crippen LogP contribution in [0.25, 0.3) is 33.1 Å². The zero-order valence-corrected chi connectivity index (χ0v) is 27.9. The van der Waals surface area contributed by atoms with E-state index in [4.69, 9.17) is 37.7 Å². The van der Waals surface area contributed by atoms with Crippen molar-refractivity contribution >= 4 is 51.1 Å². The largest absolute Gasteiger partial charge is 0.472 e. The van der Waals surface area contributed by atoms with Crippen molar-refractivity contribution in [2.45, 2.75) is 75.8 Å². The van der Waals surface area contributed by atoms with E-state index in [0.717, 1.165) is 55.4 Å². The molecule has 1 unspecified atom stereocenters. The van der Waals surface area contributed by atoms with E-state index in [1.807, 2.05) is 4.90 Å². The number of methoxy groups -OCH3 is 1. The maximum atomic E-state index is 16.8. The van der Waals surface area contributed by atoms with Gasteiger partial charge in [-0.1, -0.05) is 35.3 Å². The topological polar surface area (TPSA) is 75.7 Å². The van der Waals surface area contributed by atoms with Gasteiger partial charge in [0.2, 0.25) is 5.88 Å². The molecule has 4 aromatic rings. The average Bonchev–Trinajstić information content (AvgIpc) is 3.36. The lowest BCUT2D eigenvalue weighted by atomic mass is 9.98. The molecule has 242 valence electrons. The van der Waals surface area contributed by atoms with Gasteiger partial charge in [0.15, 0.2) is 5.82 Å². The highest BCUT2D eigenvalue weighted by Gasteiger charge is 2.59. The second-order valence-corrected chi connectivity index (χ2v) is 14.0. The van der Waals surface area contributed by atoms with Crippen molar-refractivity contribution in [1.29, 1.82) is 0 Å². The summed E-state index contributed by atoms with van der Waals surface area (Å²) in [6.45, 7) is 6.92. The third-order valence-corrected chi connectivity index (χ3v) is 11.6. The first-order chi connectivity index (χ1) is 22.2. The molecule has 0 bridgehead atoms. The molecule has 4 fully saturated rings. The Morgan fingerprint density at radius 3 is 2.67 bits per heavy atom. The van der Waals surface area contributed by atoms with Gasteiger partial charge in [-0.05, 0) is 65.3 Å². The van der Waals surface area contributed by atoms with Crippen LogP contribution in [0.5, 0.6) is 5.88 Å². The van der Waals surface area contributed by atoms with Crippen molar-refractivity contribution in [3.05, 3.63) is 52.0 Å². The van der Waals surface area contributed by atoms with Crippen LogP contribution in [0, 0.1) is 5.82 Å². The number of ether oxygens (including phenoxy) is 2. The molecule has 46 heavy (non-hydrogen) atoms. The Balaban J connectivity index is 1.39. The molecule has 1 amide bonds. The molecule has 1 aromatic carbocycles. The highest BCUT2D eigenvalue weighted by atomic mass is 35.5. The number of hydrogen-bond donors (Lipinski definition) is 0. The van der Waals surface area contributed by atoms with Crippen molar-refractivity contribution in [3.8, 4) is 17.1 Å². The number of likely N-dealkylation sites (N-methyl/N-ethyl adjacent to an activating group) is 1. The molecule has 8 rings (SSSR count). The second-order valence-electron chi connectivity index (χ2n) is 13.2. The van der Waals surface area contributed by atoms with Gasteiger partial charge in [-0.15, -0.1) is 0 Å². The van der Waals surface area contributed by atoms with Crippen molar-refractivity contribution in [2.24, 2.45) is 0 Å². The number of rotatable bonds is 6. The van der Waals surface area contributed by atoms with Crippen molar-refractivity contribution < 1.29 is 18.7 Å². The number of hydrogen-bond acceptors (Lipinski definition) is 7. The maximum absolute atomic E-state index is 16.8. The van der Waals surface area contributed by atoms with Gasteiger partial charge in [0.1, 0.15) is 17.3 Å². The molecule has 0 N–H and O–H groups in total. The molecule has 0 radical (unpaired) electrons. The quantitative estimate of drug-likeness (QED) is 0.203. The van der Waals surface area contributed by atoms with E-state index < -0.39 is 5.82 Å². The normalized spacial score (nSPS) is 28.0. The predicted octanol–water partition coefficient (Wildman–Crippen LogP) is 7.09.